The van der Waals surface area contributed by atoms with Crippen molar-refractivity contribution in [3.63, 3.8) is 0 Å². The smallest absolute Gasteiger partial charge is 0.243 e. The fourth-order valence-electron chi connectivity index (χ4n) is 3.93. The maximum absolute atomic E-state index is 13.3. The normalized spacial score (nSPS) is 15.6. The van der Waals surface area contributed by atoms with Crippen molar-refractivity contribution in [3.05, 3.63) is 70.4 Å². The van der Waals surface area contributed by atoms with Gasteiger partial charge < -0.3 is 9.80 Å². The van der Waals surface area contributed by atoms with Gasteiger partial charge in [-0.05, 0) is 35.4 Å². The maximum Gasteiger partial charge on any atom is 0.243 e. The fraction of sp³-hybridized carbons (Fsp3) is 0.417. The minimum absolute atomic E-state index is 0.00129. The van der Waals surface area contributed by atoms with E-state index in [0.29, 0.717) is 19.5 Å². The van der Waals surface area contributed by atoms with E-state index in [9.17, 15) is 9.59 Å². The predicted molar refractivity (Wildman–Crippen MR) is 119 cm³/mol. The van der Waals surface area contributed by atoms with Crippen LogP contribution in [0.3, 0.4) is 0 Å². The molecule has 2 aromatic rings. The van der Waals surface area contributed by atoms with Gasteiger partial charge >= 0.3 is 0 Å². The number of nitrogens with zero attached hydrogens (tertiary/aromatic N) is 2. The van der Waals surface area contributed by atoms with Crippen molar-refractivity contribution in [3.8, 4) is 0 Å². The summed E-state index contributed by atoms with van der Waals surface area (Å²) in [4.78, 5) is 30.9. The molecule has 154 valence electrons. The van der Waals surface area contributed by atoms with Crippen LogP contribution in [0, 0.1) is 0 Å². The molecule has 0 fully saturated rings. The van der Waals surface area contributed by atoms with Gasteiger partial charge in [0.05, 0.1) is 6.04 Å². The van der Waals surface area contributed by atoms with Gasteiger partial charge in [-0.15, -0.1) is 17.9 Å². The first-order valence-electron chi connectivity index (χ1n) is 10.4. The predicted octanol–water partition coefficient (Wildman–Crippen LogP) is 4.82. The molecule has 0 saturated carbocycles. The Bertz CT molecular complexity index is 830. The van der Waals surface area contributed by atoms with Crippen LogP contribution in [-0.4, -0.2) is 41.2 Å². The lowest BCUT2D eigenvalue weighted by atomic mass is 9.93. The molecule has 0 bridgehead atoms. The molecule has 1 unspecified atom stereocenters. The van der Waals surface area contributed by atoms with Crippen molar-refractivity contribution in [2.75, 3.05) is 19.6 Å². The molecule has 0 spiro atoms. The van der Waals surface area contributed by atoms with Crippen LogP contribution < -0.4 is 0 Å². The van der Waals surface area contributed by atoms with Crippen molar-refractivity contribution in [1.29, 1.82) is 0 Å². The van der Waals surface area contributed by atoms with Gasteiger partial charge in [0.1, 0.15) is 6.54 Å². The number of carbonyl (C=O) groups is 2. The zero-order valence-corrected chi connectivity index (χ0v) is 18.0. The van der Waals surface area contributed by atoms with Crippen LogP contribution in [0.2, 0.25) is 0 Å². The molecule has 0 radical (unpaired) electrons. The number of benzene rings is 1. The molecule has 0 saturated heterocycles. The van der Waals surface area contributed by atoms with E-state index in [1.807, 2.05) is 23.1 Å². The third kappa shape index (κ3) is 5.15. The number of amides is 2. The van der Waals surface area contributed by atoms with Gasteiger partial charge in [-0.1, -0.05) is 56.2 Å². The highest BCUT2D eigenvalue weighted by atomic mass is 32.1. The molecule has 0 aliphatic carbocycles. The molecule has 29 heavy (non-hydrogen) atoms. The molecular formula is C24H30N2O2S. The van der Waals surface area contributed by atoms with E-state index in [0.717, 1.165) is 31.2 Å². The van der Waals surface area contributed by atoms with Crippen LogP contribution in [0.5, 0.6) is 0 Å². The zero-order chi connectivity index (χ0) is 20.6. The Balaban J connectivity index is 1.79. The van der Waals surface area contributed by atoms with Crippen LogP contribution in [0.25, 0.3) is 0 Å². The van der Waals surface area contributed by atoms with E-state index in [-0.39, 0.29) is 24.4 Å². The summed E-state index contributed by atoms with van der Waals surface area (Å²) in [6.07, 6.45) is 6.03. The highest BCUT2D eigenvalue weighted by Gasteiger charge is 2.33. The Kier molecular flexibility index (Phi) is 7.64. The summed E-state index contributed by atoms with van der Waals surface area (Å²) in [6.45, 7) is 7.08. The van der Waals surface area contributed by atoms with Crippen LogP contribution in [0.15, 0.2) is 54.4 Å². The third-order valence-electron chi connectivity index (χ3n) is 5.42. The largest absolute Gasteiger partial charge is 0.330 e. The summed E-state index contributed by atoms with van der Waals surface area (Å²) in [5.74, 6) is 0.0394. The first kappa shape index (κ1) is 21.3. The number of hydrogen-bond donors (Lipinski definition) is 0. The molecule has 2 heterocycles. The molecule has 3 rings (SSSR count). The van der Waals surface area contributed by atoms with E-state index in [2.05, 4.69) is 37.1 Å². The Morgan fingerprint density at radius 1 is 1.24 bits per heavy atom. The maximum atomic E-state index is 13.3. The second-order valence-corrected chi connectivity index (χ2v) is 8.47. The molecule has 2 amide bonds. The summed E-state index contributed by atoms with van der Waals surface area (Å²) in [7, 11) is 0. The number of fused-ring (bicyclic) bond motifs is 1. The second-order valence-electron chi connectivity index (χ2n) is 7.47. The quantitative estimate of drug-likeness (QED) is 0.439. The number of carbonyl (C=O) groups excluding carboxylic acids is 2. The summed E-state index contributed by atoms with van der Waals surface area (Å²) in [5.41, 5.74) is 2.33. The standard InChI is InChI=1S/C24H30N2O2S/c1-3-5-7-12-22(27)25(15-4-2)18-23(28)26-16-13-21-20(14-17-29-21)24(26)19-10-8-6-9-11-19/h4,6,8-11,14,17,24H,2-3,5,7,12-13,15-16,18H2,1H3. The highest BCUT2D eigenvalue weighted by molar-refractivity contribution is 7.10. The Hall–Kier alpha value is -2.40. The van der Waals surface area contributed by atoms with Crippen LogP contribution in [0.1, 0.15) is 54.7 Å². The first-order valence-corrected chi connectivity index (χ1v) is 11.3. The fourth-order valence-corrected chi connectivity index (χ4v) is 4.83. The van der Waals surface area contributed by atoms with E-state index in [1.54, 1.807) is 22.3 Å². The van der Waals surface area contributed by atoms with Crippen molar-refractivity contribution in [1.82, 2.24) is 9.80 Å². The molecule has 5 heteroatoms. The highest BCUT2D eigenvalue weighted by Crippen LogP contribution is 2.37. The average Bonchev–Trinajstić information content (AvgIpc) is 3.22. The molecule has 1 aromatic heterocycles. The Labute approximate surface area is 177 Å². The molecule has 0 N–H and O–H groups in total. The van der Waals surface area contributed by atoms with Crippen molar-refractivity contribution >= 4 is 23.2 Å². The molecule has 1 aliphatic heterocycles. The monoisotopic (exact) mass is 410 g/mol. The topological polar surface area (TPSA) is 40.6 Å². The second kappa shape index (κ2) is 10.4. The molecule has 1 atom stereocenters. The average molecular weight is 411 g/mol. The van der Waals surface area contributed by atoms with Gasteiger partial charge in [-0.2, -0.15) is 0 Å². The summed E-state index contributed by atoms with van der Waals surface area (Å²) < 4.78 is 0. The molecule has 1 aromatic carbocycles. The lowest BCUT2D eigenvalue weighted by Gasteiger charge is -2.37. The number of hydrogen-bond acceptors (Lipinski definition) is 3. The minimum Gasteiger partial charge on any atom is -0.330 e. The van der Waals surface area contributed by atoms with Crippen molar-refractivity contribution in [2.45, 2.75) is 45.1 Å². The van der Waals surface area contributed by atoms with Gasteiger partial charge in [0, 0.05) is 24.4 Å². The SMILES string of the molecule is C=CCN(CC(=O)N1CCc2sccc2C1c1ccccc1)C(=O)CCCCC. The minimum atomic E-state index is -0.0838. The van der Waals surface area contributed by atoms with Gasteiger partial charge in [0.2, 0.25) is 11.8 Å². The number of rotatable bonds is 9. The van der Waals surface area contributed by atoms with E-state index < -0.39 is 0 Å². The van der Waals surface area contributed by atoms with Gasteiger partial charge in [0.25, 0.3) is 0 Å². The summed E-state index contributed by atoms with van der Waals surface area (Å²) >= 11 is 1.76. The molecule has 4 nitrogen and oxygen atoms in total. The summed E-state index contributed by atoms with van der Waals surface area (Å²) in [5, 5.41) is 2.11. The summed E-state index contributed by atoms with van der Waals surface area (Å²) in [6, 6.07) is 12.2. The number of thiophene rings is 1. The van der Waals surface area contributed by atoms with Crippen LogP contribution in [0.4, 0.5) is 0 Å². The van der Waals surface area contributed by atoms with Crippen LogP contribution >= 0.6 is 11.3 Å². The lowest BCUT2D eigenvalue weighted by molar-refractivity contribution is -0.141. The van der Waals surface area contributed by atoms with Crippen LogP contribution in [-0.2, 0) is 16.0 Å². The van der Waals surface area contributed by atoms with Gasteiger partial charge in [-0.25, -0.2) is 0 Å². The van der Waals surface area contributed by atoms with Crippen molar-refractivity contribution < 1.29 is 9.59 Å². The van der Waals surface area contributed by atoms with E-state index in [4.69, 9.17) is 0 Å². The zero-order valence-electron chi connectivity index (χ0n) is 17.2. The molecule has 1 aliphatic rings. The first-order chi connectivity index (χ1) is 14.2. The Morgan fingerprint density at radius 3 is 2.76 bits per heavy atom. The van der Waals surface area contributed by atoms with Gasteiger partial charge in [0.15, 0.2) is 0 Å². The third-order valence-corrected chi connectivity index (χ3v) is 6.42. The van der Waals surface area contributed by atoms with E-state index in [1.165, 1.54) is 10.4 Å². The molecular weight excluding hydrogens is 380 g/mol. The Morgan fingerprint density at radius 2 is 2.03 bits per heavy atom. The number of unbranched alkanes of at least 4 members (excludes halogenated alkanes) is 2. The van der Waals surface area contributed by atoms with Gasteiger partial charge in [-0.3, -0.25) is 9.59 Å². The lowest BCUT2D eigenvalue weighted by Crippen LogP contribution is -2.46. The van der Waals surface area contributed by atoms with Crippen molar-refractivity contribution in [2.24, 2.45) is 0 Å². The van der Waals surface area contributed by atoms with E-state index >= 15 is 0 Å².